The van der Waals surface area contributed by atoms with Gasteiger partial charge in [0.15, 0.2) is 0 Å². The first-order chi connectivity index (χ1) is 12.6. The Labute approximate surface area is 163 Å². The molecule has 3 heterocycles. The van der Waals surface area contributed by atoms with Gasteiger partial charge in [0, 0.05) is 10.3 Å². The fraction of sp³-hybridized carbons (Fsp3) is 0.333. The lowest BCUT2D eigenvalue weighted by Gasteiger charge is -2.18. The molecule has 0 aromatic carbocycles. The molecule has 8 heteroatoms. The predicted molar refractivity (Wildman–Crippen MR) is 106 cm³/mol. The summed E-state index contributed by atoms with van der Waals surface area (Å²) in [5.74, 6) is 0.205. The standard InChI is InChI=1S/C18H17N3O2S3/c1-10-4-5-11-13(7-10)26-18-15(11)17(19-9-20-18)25-8-14(22)21-16(23)12-3-2-6-24-12/h2-3,6,9-10H,4-5,7-8H2,1H3,(H,21,22,23)/t10-/m0/s1. The van der Waals surface area contributed by atoms with Crippen LogP contribution in [0.15, 0.2) is 28.9 Å². The van der Waals surface area contributed by atoms with Gasteiger partial charge in [-0.1, -0.05) is 24.8 Å². The second kappa shape index (κ2) is 7.46. The molecule has 26 heavy (non-hydrogen) atoms. The van der Waals surface area contributed by atoms with E-state index in [2.05, 4.69) is 22.2 Å². The van der Waals surface area contributed by atoms with Gasteiger partial charge in [-0.05, 0) is 42.2 Å². The molecule has 2 amide bonds. The van der Waals surface area contributed by atoms with E-state index in [0.717, 1.165) is 28.1 Å². The number of aromatic nitrogens is 2. The highest BCUT2D eigenvalue weighted by Crippen LogP contribution is 2.40. The molecular formula is C18H17N3O2S3. The van der Waals surface area contributed by atoms with Crippen LogP contribution in [0.1, 0.15) is 33.5 Å². The van der Waals surface area contributed by atoms with Gasteiger partial charge in [-0.2, -0.15) is 0 Å². The van der Waals surface area contributed by atoms with Gasteiger partial charge in [0.25, 0.3) is 5.91 Å². The molecule has 3 aromatic heterocycles. The minimum atomic E-state index is -0.347. The van der Waals surface area contributed by atoms with Gasteiger partial charge in [0.05, 0.1) is 10.6 Å². The zero-order valence-corrected chi connectivity index (χ0v) is 16.6. The van der Waals surface area contributed by atoms with E-state index in [-0.39, 0.29) is 17.6 Å². The number of nitrogens with one attached hydrogen (secondary N) is 1. The number of carbonyl (C=O) groups is 2. The van der Waals surface area contributed by atoms with Gasteiger partial charge >= 0.3 is 0 Å². The molecule has 1 aliphatic rings. The molecule has 1 aliphatic carbocycles. The summed E-state index contributed by atoms with van der Waals surface area (Å²) in [6.07, 6.45) is 4.87. The maximum atomic E-state index is 12.1. The van der Waals surface area contributed by atoms with Crippen LogP contribution in [-0.2, 0) is 17.6 Å². The van der Waals surface area contributed by atoms with Crippen molar-refractivity contribution in [1.29, 1.82) is 0 Å². The fourth-order valence-electron chi connectivity index (χ4n) is 3.12. The number of imide groups is 1. The van der Waals surface area contributed by atoms with E-state index in [9.17, 15) is 9.59 Å². The van der Waals surface area contributed by atoms with Crippen LogP contribution in [0.2, 0.25) is 0 Å². The molecule has 3 aromatic rings. The number of hydrogen-bond donors (Lipinski definition) is 1. The predicted octanol–water partition coefficient (Wildman–Crippen LogP) is 3.93. The van der Waals surface area contributed by atoms with Crippen LogP contribution in [-0.4, -0.2) is 27.5 Å². The van der Waals surface area contributed by atoms with E-state index in [1.807, 2.05) is 5.38 Å². The molecule has 0 spiro atoms. The van der Waals surface area contributed by atoms with Crippen molar-refractivity contribution in [3.63, 3.8) is 0 Å². The minimum Gasteiger partial charge on any atom is -0.291 e. The maximum Gasteiger partial charge on any atom is 0.267 e. The first kappa shape index (κ1) is 17.6. The number of amides is 2. The van der Waals surface area contributed by atoms with Crippen molar-refractivity contribution in [3.8, 4) is 0 Å². The van der Waals surface area contributed by atoms with E-state index >= 15 is 0 Å². The van der Waals surface area contributed by atoms with Crippen LogP contribution in [0.4, 0.5) is 0 Å². The first-order valence-corrected chi connectivity index (χ1v) is 11.1. The van der Waals surface area contributed by atoms with Crippen LogP contribution in [0.3, 0.4) is 0 Å². The summed E-state index contributed by atoms with van der Waals surface area (Å²) >= 11 is 4.43. The summed E-state index contributed by atoms with van der Waals surface area (Å²) in [4.78, 5) is 35.9. The number of aryl methyl sites for hydroxylation is 1. The highest BCUT2D eigenvalue weighted by molar-refractivity contribution is 8.00. The van der Waals surface area contributed by atoms with Crippen molar-refractivity contribution >= 4 is 56.5 Å². The van der Waals surface area contributed by atoms with E-state index < -0.39 is 0 Å². The molecule has 0 aliphatic heterocycles. The SMILES string of the molecule is C[C@H]1CCc2c(sc3ncnc(SCC(=O)NC(=O)c4cccs4)c23)C1. The molecule has 1 atom stereocenters. The second-order valence-electron chi connectivity index (χ2n) is 6.35. The average molecular weight is 404 g/mol. The monoisotopic (exact) mass is 403 g/mol. The van der Waals surface area contributed by atoms with Crippen molar-refractivity contribution < 1.29 is 9.59 Å². The lowest BCUT2D eigenvalue weighted by Crippen LogP contribution is -2.31. The normalized spacial score (nSPS) is 16.4. The van der Waals surface area contributed by atoms with Crippen molar-refractivity contribution in [2.24, 2.45) is 5.92 Å². The molecular weight excluding hydrogens is 386 g/mol. The summed E-state index contributed by atoms with van der Waals surface area (Å²) in [6, 6.07) is 3.49. The maximum absolute atomic E-state index is 12.1. The van der Waals surface area contributed by atoms with Crippen molar-refractivity contribution in [2.75, 3.05) is 5.75 Å². The summed E-state index contributed by atoms with van der Waals surface area (Å²) in [7, 11) is 0. The number of nitrogens with zero attached hydrogens (tertiary/aromatic N) is 2. The first-order valence-electron chi connectivity index (χ1n) is 8.37. The largest absolute Gasteiger partial charge is 0.291 e. The van der Waals surface area contributed by atoms with Gasteiger partial charge in [-0.25, -0.2) is 9.97 Å². The lowest BCUT2D eigenvalue weighted by atomic mass is 9.89. The van der Waals surface area contributed by atoms with Gasteiger partial charge < -0.3 is 0 Å². The van der Waals surface area contributed by atoms with Gasteiger partial charge in [0.1, 0.15) is 16.2 Å². The number of hydrogen-bond acceptors (Lipinski definition) is 7. The molecule has 0 bridgehead atoms. The van der Waals surface area contributed by atoms with Crippen LogP contribution in [0, 0.1) is 5.92 Å². The smallest absolute Gasteiger partial charge is 0.267 e. The van der Waals surface area contributed by atoms with Gasteiger partial charge in [-0.15, -0.1) is 22.7 Å². The average Bonchev–Trinajstić information content (AvgIpc) is 3.27. The van der Waals surface area contributed by atoms with Crippen LogP contribution < -0.4 is 5.32 Å². The number of fused-ring (bicyclic) bond motifs is 3. The third-order valence-electron chi connectivity index (χ3n) is 4.39. The Bertz CT molecular complexity index is 966. The Balaban J connectivity index is 1.49. The second-order valence-corrected chi connectivity index (χ2v) is 9.35. The number of thiophene rings is 2. The summed E-state index contributed by atoms with van der Waals surface area (Å²) in [5.41, 5.74) is 1.35. The van der Waals surface area contributed by atoms with Crippen molar-refractivity contribution in [2.45, 2.75) is 31.2 Å². The van der Waals surface area contributed by atoms with E-state index in [1.165, 1.54) is 40.0 Å². The molecule has 0 radical (unpaired) electrons. The quantitative estimate of drug-likeness (QED) is 0.528. The minimum absolute atomic E-state index is 0.157. The Morgan fingerprint density at radius 2 is 2.27 bits per heavy atom. The Morgan fingerprint density at radius 3 is 3.08 bits per heavy atom. The number of rotatable bonds is 4. The lowest BCUT2D eigenvalue weighted by molar-refractivity contribution is -0.117. The van der Waals surface area contributed by atoms with Crippen LogP contribution in [0.5, 0.6) is 0 Å². The molecule has 4 rings (SSSR count). The zero-order valence-electron chi connectivity index (χ0n) is 14.2. The summed E-state index contributed by atoms with van der Waals surface area (Å²) in [6.45, 7) is 2.28. The number of thioether (sulfide) groups is 1. The highest BCUT2D eigenvalue weighted by Gasteiger charge is 2.23. The van der Waals surface area contributed by atoms with Crippen LogP contribution >= 0.6 is 34.4 Å². The van der Waals surface area contributed by atoms with Gasteiger partial charge in [-0.3, -0.25) is 14.9 Å². The number of carbonyl (C=O) groups excluding carboxylic acids is 2. The van der Waals surface area contributed by atoms with Crippen molar-refractivity contribution in [1.82, 2.24) is 15.3 Å². The van der Waals surface area contributed by atoms with E-state index in [1.54, 1.807) is 29.8 Å². The summed E-state index contributed by atoms with van der Waals surface area (Å²) in [5, 5.41) is 6.18. The molecule has 0 saturated carbocycles. The molecule has 0 fully saturated rings. The topological polar surface area (TPSA) is 72.0 Å². The zero-order chi connectivity index (χ0) is 18.1. The third kappa shape index (κ3) is 3.54. The third-order valence-corrected chi connectivity index (χ3v) is 7.42. The molecule has 0 unspecified atom stereocenters. The van der Waals surface area contributed by atoms with E-state index in [4.69, 9.17) is 0 Å². The molecule has 5 nitrogen and oxygen atoms in total. The van der Waals surface area contributed by atoms with E-state index in [0.29, 0.717) is 10.8 Å². The molecule has 134 valence electrons. The fourth-order valence-corrected chi connectivity index (χ4v) is 5.98. The van der Waals surface area contributed by atoms with Crippen LogP contribution in [0.25, 0.3) is 10.2 Å². The Morgan fingerprint density at radius 1 is 1.38 bits per heavy atom. The summed E-state index contributed by atoms with van der Waals surface area (Å²) < 4.78 is 0. The molecule has 0 saturated heterocycles. The Kier molecular flexibility index (Phi) is 5.06. The Hall–Kier alpha value is -1.77. The van der Waals surface area contributed by atoms with Crippen molar-refractivity contribution in [3.05, 3.63) is 39.2 Å². The molecule has 1 N–H and O–H groups in total. The highest BCUT2D eigenvalue weighted by atomic mass is 32.2. The van der Waals surface area contributed by atoms with Gasteiger partial charge in [0.2, 0.25) is 5.91 Å².